The standard InChI is InChI=1S/C13H22.CH2O3/c1-8-4-10(8)6-11-5-9(2)12-7-13(11,12)3;2-1(3)4/h8-12H,4-7H2,1-3H3;(H2,2,3,4). The van der Waals surface area contributed by atoms with Crippen LogP contribution in [0, 0.1) is 35.0 Å². The second-order valence-electron chi connectivity index (χ2n) is 6.72. The minimum absolute atomic E-state index is 0.807. The second-order valence-corrected chi connectivity index (χ2v) is 6.72. The summed E-state index contributed by atoms with van der Waals surface area (Å²) in [6.07, 6.45) is 4.37. The maximum Gasteiger partial charge on any atom is 0.503 e. The largest absolute Gasteiger partial charge is 0.503 e. The van der Waals surface area contributed by atoms with Crippen molar-refractivity contribution in [3.8, 4) is 0 Å². The van der Waals surface area contributed by atoms with E-state index in [0.717, 1.165) is 35.0 Å². The number of fused-ring (bicyclic) bond motifs is 1. The zero-order valence-electron chi connectivity index (χ0n) is 11.0. The zero-order valence-corrected chi connectivity index (χ0v) is 11.0. The van der Waals surface area contributed by atoms with Gasteiger partial charge in [-0.1, -0.05) is 20.8 Å². The fraction of sp³-hybridized carbons (Fsp3) is 0.929. The van der Waals surface area contributed by atoms with Crippen molar-refractivity contribution in [2.45, 2.75) is 46.5 Å². The van der Waals surface area contributed by atoms with Crippen LogP contribution >= 0.6 is 0 Å². The van der Waals surface area contributed by atoms with Crippen LogP contribution in [0.2, 0.25) is 0 Å². The lowest BCUT2D eigenvalue weighted by molar-refractivity contribution is 0.137. The van der Waals surface area contributed by atoms with Crippen molar-refractivity contribution in [3.63, 3.8) is 0 Å². The summed E-state index contributed by atoms with van der Waals surface area (Å²) in [5, 5.41) is 13.9. The topological polar surface area (TPSA) is 57.5 Å². The summed E-state index contributed by atoms with van der Waals surface area (Å²) in [5.74, 6) is 5.45. The smallest absolute Gasteiger partial charge is 0.450 e. The molecule has 3 aliphatic carbocycles. The Morgan fingerprint density at radius 2 is 1.76 bits per heavy atom. The molecular weight excluding hydrogens is 216 g/mol. The van der Waals surface area contributed by atoms with Gasteiger partial charge in [-0.05, 0) is 60.7 Å². The van der Waals surface area contributed by atoms with Crippen LogP contribution in [-0.2, 0) is 0 Å². The average molecular weight is 240 g/mol. The SMILES string of the molecule is CC1CC1CC1CC(C)C2CC12C.O=C(O)O. The van der Waals surface area contributed by atoms with Crippen molar-refractivity contribution in [2.24, 2.45) is 35.0 Å². The molecule has 3 rings (SSSR count). The van der Waals surface area contributed by atoms with Crippen LogP contribution in [0.4, 0.5) is 4.79 Å². The van der Waals surface area contributed by atoms with Crippen molar-refractivity contribution >= 4 is 6.16 Å². The quantitative estimate of drug-likeness (QED) is 0.768. The summed E-state index contributed by atoms with van der Waals surface area (Å²) in [7, 11) is 0. The molecule has 0 radical (unpaired) electrons. The van der Waals surface area contributed by atoms with Gasteiger partial charge in [0, 0.05) is 0 Å². The van der Waals surface area contributed by atoms with E-state index in [-0.39, 0.29) is 0 Å². The summed E-state index contributed by atoms with van der Waals surface area (Å²) < 4.78 is 0. The first-order valence-electron chi connectivity index (χ1n) is 6.76. The molecule has 17 heavy (non-hydrogen) atoms. The average Bonchev–Trinajstić information content (AvgIpc) is 3.02. The first-order valence-corrected chi connectivity index (χ1v) is 6.76. The molecule has 2 N–H and O–H groups in total. The van der Waals surface area contributed by atoms with Gasteiger partial charge in [-0.3, -0.25) is 0 Å². The number of hydrogen-bond acceptors (Lipinski definition) is 1. The van der Waals surface area contributed by atoms with Crippen LogP contribution in [0.3, 0.4) is 0 Å². The minimum atomic E-state index is -1.83. The molecule has 0 aromatic carbocycles. The zero-order chi connectivity index (χ0) is 12.8. The lowest BCUT2D eigenvalue weighted by atomic mass is 9.86. The molecule has 3 fully saturated rings. The number of hydrogen-bond donors (Lipinski definition) is 2. The summed E-state index contributed by atoms with van der Waals surface area (Å²) in [6, 6.07) is 0. The number of rotatable bonds is 2. The molecule has 0 amide bonds. The van der Waals surface area contributed by atoms with E-state index >= 15 is 0 Å². The lowest BCUT2D eigenvalue weighted by Gasteiger charge is -2.19. The molecule has 6 atom stereocenters. The van der Waals surface area contributed by atoms with Crippen LogP contribution in [0.1, 0.15) is 46.5 Å². The molecule has 0 saturated heterocycles. The first kappa shape index (κ1) is 12.7. The molecule has 3 saturated carbocycles. The maximum absolute atomic E-state index is 8.56. The second kappa shape index (κ2) is 4.18. The van der Waals surface area contributed by atoms with Gasteiger partial charge in [0.1, 0.15) is 0 Å². The van der Waals surface area contributed by atoms with Gasteiger partial charge in [0.15, 0.2) is 0 Å². The summed E-state index contributed by atoms with van der Waals surface area (Å²) >= 11 is 0. The molecule has 3 heteroatoms. The van der Waals surface area contributed by atoms with E-state index in [4.69, 9.17) is 15.0 Å². The Labute approximate surface area is 103 Å². The maximum atomic E-state index is 8.56. The van der Waals surface area contributed by atoms with Gasteiger partial charge >= 0.3 is 6.16 Å². The van der Waals surface area contributed by atoms with E-state index in [2.05, 4.69) is 20.8 Å². The fourth-order valence-electron chi connectivity index (χ4n) is 4.08. The molecular formula is C14H24O3. The highest BCUT2D eigenvalue weighted by Gasteiger charge is 2.62. The fourth-order valence-corrected chi connectivity index (χ4v) is 4.08. The number of carboxylic acid groups (broad SMARTS) is 2. The molecule has 0 aromatic rings. The van der Waals surface area contributed by atoms with Gasteiger partial charge in [-0.15, -0.1) is 0 Å². The van der Waals surface area contributed by atoms with Crippen LogP contribution < -0.4 is 0 Å². The van der Waals surface area contributed by atoms with Crippen molar-refractivity contribution in [1.82, 2.24) is 0 Å². The molecule has 0 bridgehead atoms. The molecule has 6 unspecified atom stereocenters. The summed E-state index contributed by atoms with van der Waals surface area (Å²) in [5.41, 5.74) is 0.807. The molecule has 0 spiro atoms. The van der Waals surface area contributed by atoms with E-state index in [1.165, 1.54) is 6.42 Å². The molecule has 0 heterocycles. The third-order valence-electron chi connectivity index (χ3n) is 5.49. The summed E-state index contributed by atoms with van der Waals surface area (Å²) in [4.78, 5) is 8.56. The van der Waals surface area contributed by atoms with Crippen LogP contribution in [0.25, 0.3) is 0 Å². The summed E-state index contributed by atoms with van der Waals surface area (Å²) in [6.45, 7) is 7.46. The highest BCUT2D eigenvalue weighted by atomic mass is 16.6. The van der Waals surface area contributed by atoms with Crippen LogP contribution in [0.5, 0.6) is 0 Å². The Hall–Kier alpha value is -0.730. The van der Waals surface area contributed by atoms with Crippen molar-refractivity contribution in [2.75, 3.05) is 0 Å². The monoisotopic (exact) mass is 240 g/mol. The van der Waals surface area contributed by atoms with Gasteiger partial charge in [0.2, 0.25) is 0 Å². The molecule has 0 aromatic heterocycles. The van der Waals surface area contributed by atoms with Gasteiger partial charge in [0.25, 0.3) is 0 Å². The van der Waals surface area contributed by atoms with E-state index in [0.29, 0.717) is 0 Å². The Bertz CT molecular complexity index is 311. The lowest BCUT2D eigenvalue weighted by Crippen LogP contribution is -2.10. The van der Waals surface area contributed by atoms with Gasteiger partial charge in [-0.25, -0.2) is 4.79 Å². The van der Waals surface area contributed by atoms with Gasteiger partial charge in [0.05, 0.1) is 0 Å². The molecule has 98 valence electrons. The highest BCUT2D eigenvalue weighted by Crippen LogP contribution is 2.70. The molecule has 0 aliphatic heterocycles. The molecule has 3 nitrogen and oxygen atoms in total. The van der Waals surface area contributed by atoms with Crippen molar-refractivity contribution in [1.29, 1.82) is 0 Å². The van der Waals surface area contributed by atoms with E-state index in [1.54, 1.807) is 19.3 Å². The van der Waals surface area contributed by atoms with Crippen LogP contribution in [-0.4, -0.2) is 16.4 Å². The first-order chi connectivity index (χ1) is 7.84. The van der Waals surface area contributed by atoms with E-state index in [9.17, 15) is 0 Å². The normalized spacial score (nSPS) is 49.9. The number of carbonyl (C=O) groups is 1. The Balaban J connectivity index is 0.000000239. The van der Waals surface area contributed by atoms with Gasteiger partial charge in [-0.2, -0.15) is 0 Å². The Morgan fingerprint density at radius 3 is 2.06 bits per heavy atom. The van der Waals surface area contributed by atoms with Crippen molar-refractivity contribution in [3.05, 3.63) is 0 Å². The van der Waals surface area contributed by atoms with E-state index < -0.39 is 6.16 Å². The third-order valence-corrected chi connectivity index (χ3v) is 5.49. The minimum Gasteiger partial charge on any atom is -0.450 e. The molecule has 3 aliphatic rings. The van der Waals surface area contributed by atoms with E-state index in [1.807, 2.05) is 0 Å². The predicted molar refractivity (Wildman–Crippen MR) is 66.0 cm³/mol. The van der Waals surface area contributed by atoms with Crippen molar-refractivity contribution < 1.29 is 15.0 Å². The van der Waals surface area contributed by atoms with Gasteiger partial charge < -0.3 is 10.2 Å². The Morgan fingerprint density at radius 1 is 1.24 bits per heavy atom. The Kier molecular flexibility index (Phi) is 3.13. The van der Waals surface area contributed by atoms with Crippen LogP contribution in [0.15, 0.2) is 0 Å². The predicted octanol–water partition coefficient (Wildman–Crippen LogP) is 3.94. The third kappa shape index (κ3) is 2.58. The highest BCUT2D eigenvalue weighted by molar-refractivity contribution is 5.53.